The van der Waals surface area contributed by atoms with Crippen LogP contribution >= 0.6 is 0 Å². The molecule has 0 saturated carbocycles. The highest BCUT2D eigenvalue weighted by atomic mass is 16.7. The quantitative estimate of drug-likeness (QED) is 0.387. The molecule has 0 aromatic heterocycles. The first-order valence-corrected chi connectivity index (χ1v) is 11.0. The second kappa shape index (κ2) is 9.44. The van der Waals surface area contributed by atoms with E-state index in [0.29, 0.717) is 23.6 Å². The number of ether oxygens (including phenoxy) is 2. The van der Waals surface area contributed by atoms with Gasteiger partial charge in [0.1, 0.15) is 5.76 Å². The maximum absolute atomic E-state index is 13.1. The Balaban J connectivity index is 1.71. The van der Waals surface area contributed by atoms with Crippen molar-refractivity contribution in [2.24, 2.45) is 0 Å². The summed E-state index contributed by atoms with van der Waals surface area (Å²) in [5.41, 5.74) is 1.30. The van der Waals surface area contributed by atoms with Crippen LogP contribution in [0.25, 0.3) is 5.76 Å². The third kappa shape index (κ3) is 4.08. The lowest BCUT2D eigenvalue weighted by atomic mass is 9.95. The Hall–Kier alpha value is -3.32. The van der Waals surface area contributed by atoms with Crippen LogP contribution in [0.3, 0.4) is 0 Å². The molecule has 1 atom stereocenters. The highest BCUT2D eigenvalue weighted by Crippen LogP contribution is 2.41. The first kappa shape index (κ1) is 21.9. The topological polar surface area (TPSA) is 79.3 Å². The van der Waals surface area contributed by atoms with Gasteiger partial charge in [-0.05, 0) is 49.8 Å². The van der Waals surface area contributed by atoms with Crippen LogP contribution in [0.1, 0.15) is 37.4 Å². The molecule has 1 saturated heterocycles. The summed E-state index contributed by atoms with van der Waals surface area (Å²) in [6, 6.07) is 13.7. The molecule has 1 N–H and O–H groups in total. The predicted octanol–water partition coefficient (Wildman–Crippen LogP) is 3.57. The summed E-state index contributed by atoms with van der Waals surface area (Å²) in [5.74, 6) is -0.379. The smallest absolute Gasteiger partial charge is 0.295 e. The molecule has 2 aromatic rings. The van der Waals surface area contributed by atoms with Crippen LogP contribution in [0.4, 0.5) is 0 Å². The molecule has 1 amide bonds. The van der Waals surface area contributed by atoms with E-state index in [4.69, 9.17) is 9.47 Å². The highest BCUT2D eigenvalue weighted by Gasteiger charge is 2.45. The number of hydrogen-bond donors (Lipinski definition) is 1. The van der Waals surface area contributed by atoms with Gasteiger partial charge in [0, 0.05) is 12.1 Å². The summed E-state index contributed by atoms with van der Waals surface area (Å²) in [7, 11) is 0. The molecule has 2 aliphatic heterocycles. The van der Waals surface area contributed by atoms with Crippen molar-refractivity contribution in [1.29, 1.82) is 0 Å². The number of carbonyl (C=O) groups excluding carboxylic acids is 2. The van der Waals surface area contributed by atoms with Crippen LogP contribution in [0.2, 0.25) is 0 Å². The van der Waals surface area contributed by atoms with Crippen molar-refractivity contribution in [3.63, 3.8) is 0 Å². The van der Waals surface area contributed by atoms with Crippen molar-refractivity contribution in [2.75, 3.05) is 33.0 Å². The zero-order valence-corrected chi connectivity index (χ0v) is 18.4. The number of benzene rings is 2. The number of ketones is 1. The number of carbonyl (C=O) groups is 2. The molecule has 0 aliphatic carbocycles. The van der Waals surface area contributed by atoms with E-state index in [1.54, 1.807) is 23.1 Å². The van der Waals surface area contributed by atoms with Crippen LogP contribution in [0.5, 0.6) is 11.5 Å². The Morgan fingerprint density at radius 2 is 1.78 bits per heavy atom. The Kier molecular flexibility index (Phi) is 6.46. The number of nitrogens with zero attached hydrogens (tertiary/aromatic N) is 2. The second-order valence-electron chi connectivity index (χ2n) is 7.85. The molecule has 0 radical (unpaired) electrons. The van der Waals surface area contributed by atoms with Gasteiger partial charge in [0.05, 0.1) is 11.6 Å². The maximum Gasteiger partial charge on any atom is 0.295 e. The number of rotatable bonds is 8. The molecule has 2 heterocycles. The van der Waals surface area contributed by atoms with Crippen molar-refractivity contribution in [3.05, 3.63) is 65.2 Å². The summed E-state index contributed by atoms with van der Waals surface area (Å²) < 4.78 is 10.7. The van der Waals surface area contributed by atoms with Crippen LogP contribution < -0.4 is 9.47 Å². The molecule has 0 spiro atoms. The average molecular weight is 437 g/mol. The van der Waals surface area contributed by atoms with Gasteiger partial charge in [-0.2, -0.15) is 0 Å². The summed E-state index contributed by atoms with van der Waals surface area (Å²) in [6.07, 6.45) is 0.738. The molecule has 2 aliphatic rings. The largest absolute Gasteiger partial charge is 0.507 e. The molecule has 1 unspecified atom stereocenters. The van der Waals surface area contributed by atoms with E-state index >= 15 is 0 Å². The van der Waals surface area contributed by atoms with E-state index in [-0.39, 0.29) is 18.1 Å². The maximum atomic E-state index is 13.1. The highest BCUT2D eigenvalue weighted by molar-refractivity contribution is 6.46. The monoisotopic (exact) mass is 436 g/mol. The lowest BCUT2D eigenvalue weighted by molar-refractivity contribution is -0.140. The minimum Gasteiger partial charge on any atom is -0.507 e. The third-order valence-electron chi connectivity index (χ3n) is 6.07. The fraction of sp³-hybridized carbons (Fsp3) is 0.360. The number of aliphatic hydroxyl groups is 1. The zero-order valence-electron chi connectivity index (χ0n) is 18.4. The summed E-state index contributed by atoms with van der Waals surface area (Å²) in [5, 5.41) is 11.2. The standard InChI is InChI=1S/C25H28N2O5/c1-3-26(4-2)13-8-14-27-22(17-9-6-5-7-10-17)21(24(29)25(27)30)23(28)18-11-12-19-20(15-18)32-16-31-19/h5-7,9-12,15,22,28H,3-4,8,13-14,16H2,1-2H3. The Morgan fingerprint density at radius 1 is 1.06 bits per heavy atom. The van der Waals surface area contributed by atoms with E-state index in [9.17, 15) is 14.7 Å². The molecule has 1 fully saturated rings. The van der Waals surface area contributed by atoms with Crippen LogP contribution in [0.15, 0.2) is 54.1 Å². The van der Waals surface area contributed by atoms with Crippen molar-refractivity contribution in [2.45, 2.75) is 26.3 Å². The molecule has 7 heteroatoms. The van der Waals surface area contributed by atoms with Crippen molar-refractivity contribution < 1.29 is 24.2 Å². The van der Waals surface area contributed by atoms with Gasteiger partial charge in [-0.25, -0.2) is 0 Å². The van der Waals surface area contributed by atoms with E-state index in [0.717, 1.165) is 31.6 Å². The van der Waals surface area contributed by atoms with E-state index in [1.165, 1.54) is 0 Å². The number of fused-ring (bicyclic) bond motifs is 1. The fourth-order valence-electron chi connectivity index (χ4n) is 4.30. The van der Waals surface area contributed by atoms with Crippen molar-refractivity contribution >= 4 is 17.4 Å². The summed E-state index contributed by atoms with van der Waals surface area (Å²) in [6.45, 7) is 7.44. The van der Waals surface area contributed by atoms with Gasteiger partial charge in [-0.1, -0.05) is 44.2 Å². The minimum atomic E-state index is -0.670. The Bertz CT molecular complexity index is 1030. The molecule has 168 valence electrons. The summed E-state index contributed by atoms with van der Waals surface area (Å²) >= 11 is 0. The van der Waals surface area contributed by atoms with E-state index in [2.05, 4.69) is 18.7 Å². The van der Waals surface area contributed by atoms with Gasteiger partial charge < -0.3 is 24.4 Å². The Labute approximate surface area is 187 Å². The van der Waals surface area contributed by atoms with Gasteiger partial charge >= 0.3 is 0 Å². The summed E-state index contributed by atoms with van der Waals surface area (Å²) in [4.78, 5) is 30.0. The SMILES string of the molecule is CCN(CC)CCCN1C(=O)C(=O)C(=C(O)c2ccc3c(c2)OCO3)C1c1ccccc1. The second-order valence-corrected chi connectivity index (χ2v) is 7.85. The zero-order chi connectivity index (χ0) is 22.7. The van der Waals surface area contributed by atoms with Gasteiger partial charge in [0.25, 0.3) is 11.7 Å². The molecule has 0 bridgehead atoms. The molecular formula is C25H28N2O5. The van der Waals surface area contributed by atoms with Gasteiger partial charge in [0.2, 0.25) is 6.79 Å². The normalized spacial score (nSPS) is 19.2. The molecule has 4 rings (SSSR count). The van der Waals surface area contributed by atoms with Crippen molar-refractivity contribution in [1.82, 2.24) is 9.80 Å². The lowest BCUT2D eigenvalue weighted by Gasteiger charge is -2.26. The minimum absolute atomic E-state index is 0.0999. The average Bonchev–Trinajstić information content (AvgIpc) is 3.39. The van der Waals surface area contributed by atoms with E-state index < -0.39 is 17.7 Å². The van der Waals surface area contributed by atoms with Gasteiger partial charge in [-0.15, -0.1) is 0 Å². The Morgan fingerprint density at radius 3 is 2.50 bits per heavy atom. The number of Topliss-reactive ketones (excluding diaryl/α,β-unsaturated/α-hetero) is 1. The number of likely N-dealkylation sites (tertiary alicyclic amines) is 1. The van der Waals surface area contributed by atoms with Gasteiger partial charge in [-0.3, -0.25) is 9.59 Å². The number of hydrogen-bond acceptors (Lipinski definition) is 6. The predicted molar refractivity (Wildman–Crippen MR) is 120 cm³/mol. The first-order valence-electron chi connectivity index (χ1n) is 11.0. The van der Waals surface area contributed by atoms with E-state index in [1.807, 2.05) is 30.3 Å². The fourth-order valence-corrected chi connectivity index (χ4v) is 4.30. The molecular weight excluding hydrogens is 408 g/mol. The first-order chi connectivity index (χ1) is 15.5. The van der Waals surface area contributed by atoms with Gasteiger partial charge in [0.15, 0.2) is 11.5 Å². The molecule has 32 heavy (non-hydrogen) atoms. The number of amides is 1. The number of aliphatic hydroxyl groups excluding tert-OH is 1. The van der Waals surface area contributed by atoms with Crippen molar-refractivity contribution in [3.8, 4) is 11.5 Å². The van der Waals surface area contributed by atoms with Crippen LogP contribution in [-0.2, 0) is 9.59 Å². The van der Waals surface area contributed by atoms with Crippen LogP contribution in [0, 0.1) is 0 Å². The molecule has 7 nitrogen and oxygen atoms in total. The lowest BCUT2D eigenvalue weighted by Crippen LogP contribution is -2.33. The molecule has 2 aromatic carbocycles. The van der Waals surface area contributed by atoms with Crippen LogP contribution in [-0.4, -0.2) is 59.6 Å². The third-order valence-corrected chi connectivity index (χ3v) is 6.07.